The second-order valence-electron chi connectivity index (χ2n) is 4.58. The largest absolute Gasteiger partial charge is 0.493 e. The Hall–Kier alpha value is -1.80. The van der Waals surface area contributed by atoms with Crippen molar-refractivity contribution in [2.24, 2.45) is 0 Å². The number of rotatable bonds is 6. The maximum atomic E-state index is 5.82. The van der Waals surface area contributed by atoms with E-state index in [4.69, 9.17) is 4.74 Å². The van der Waals surface area contributed by atoms with Gasteiger partial charge >= 0.3 is 0 Å². The van der Waals surface area contributed by atoms with Crippen LogP contribution in [0.15, 0.2) is 48.5 Å². The molecular formula is C17H21NO. The molecule has 0 heterocycles. The van der Waals surface area contributed by atoms with Crippen LogP contribution in [0.2, 0.25) is 0 Å². The zero-order chi connectivity index (χ0) is 13.5. The van der Waals surface area contributed by atoms with Crippen LogP contribution in [0, 0.1) is 0 Å². The Kier molecular flexibility index (Phi) is 4.99. The molecule has 100 valence electrons. The average Bonchev–Trinajstić information content (AvgIpc) is 2.46. The molecule has 2 heteroatoms. The third-order valence-electron chi connectivity index (χ3n) is 2.97. The normalized spacial score (nSPS) is 10.4. The van der Waals surface area contributed by atoms with Crippen molar-refractivity contribution in [1.82, 2.24) is 5.32 Å². The predicted octanol–water partition coefficient (Wildman–Crippen LogP) is 3.86. The third-order valence-corrected chi connectivity index (χ3v) is 2.97. The molecule has 0 radical (unpaired) electrons. The monoisotopic (exact) mass is 255 g/mol. The molecule has 0 aromatic heterocycles. The summed E-state index contributed by atoms with van der Waals surface area (Å²) in [5.74, 6) is 0.964. The lowest BCUT2D eigenvalue weighted by Crippen LogP contribution is -2.04. The van der Waals surface area contributed by atoms with Crippen molar-refractivity contribution in [1.29, 1.82) is 0 Å². The van der Waals surface area contributed by atoms with Crippen molar-refractivity contribution >= 4 is 0 Å². The van der Waals surface area contributed by atoms with Crippen LogP contribution in [0.4, 0.5) is 0 Å². The molecule has 2 rings (SSSR count). The molecule has 0 aliphatic rings. The van der Waals surface area contributed by atoms with Gasteiger partial charge in [-0.2, -0.15) is 0 Å². The summed E-state index contributed by atoms with van der Waals surface area (Å²) >= 11 is 0. The van der Waals surface area contributed by atoms with E-state index in [0.29, 0.717) is 0 Å². The first-order valence-corrected chi connectivity index (χ1v) is 6.81. The van der Waals surface area contributed by atoms with Gasteiger partial charge in [-0.3, -0.25) is 0 Å². The van der Waals surface area contributed by atoms with Crippen LogP contribution >= 0.6 is 0 Å². The van der Waals surface area contributed by atoms with Crippen LogP contribution in [-0.2, 0) is 6.54 Å². The number of ether oxygens (including phenoxy) is 1. The zero-order valence-corrected chi connectivity index (χ0v) is 11.6. The zero-order valence-electron chi connectivity index (χ0n) is 11.6. The van der Waals surface area contributed by atoms with Crippen LogP contribution in [-0.4, -0.2) is 13.7 Å². The first kappa shape index (κ1) is 13.6. The summed E-state index contributed by atoms with van der Waals surface area (Å²) in [7, 11) is 1.96. The van der Waals surface area contributed by atoms with E-state index in [9.17, 15) is 0 Å². The van der Waals surface area contributed by atoms with Gasteiger partial charge in [-0.05, 0) is 36.7 Å². The average molecular weight is 255 g/mol. The van der Waals surface area contributed by atoms with Crippen LogP contribution in [0.5, 0.6) is 5.75 Å². The fraction of sp³-hybridized carbons (Fsp3) is 0.294. The highest BCUT2D eigenvalue weighted by atomic mass is 16.5. The molecule has 0 aliphatic carbocycles. The first-order chi connectivity index (χ1) is 9.35. The number of benzene rings is 2. The fourth-order valence-corrected chi connectivity index (χ4v) is 2.10. The van der Waals surface area contributed by atoms with Gasteiger partial charge in [0.25, 0.3) is 0 Å². The Labute approximate surface area is 115 Å². The lowest BCUT2D eigenvalue weighted by atomic mass is 10.0. The maximum Gasteiger partial charge on any atom is 0.127 e. The molecule has 0 bridgehead atoms. The van der Waals surface area contributed by atoms with Crippen LogP contribution in [0.1, 0.15) is 18.9 Å². The molecule has 1 N–H and O–H groups in total. The van der Waals surface area contributed by atoms with E-state index in [1.165, 1.54) is 11.1 Å². The predicted molar refractivity (Wildman–Crippen MR) is 80.4 cm³/mol. The Bertz CT molecular complexity index is 522. The Morgan fingerprint density at radius 1 is 1.05 bits per heavy atom. The second kappa shape index (κ2) is 6.95. The molecule has 0 atom stereocenters. The van der Waals surface area contributed by atoms with E-state index >= 15 is 0 Å². The SMILES string of the molecule is CCCOc1ccccc1-c1cccc(CNC)c1. The molecule has 0 saturated heterocycles. The van der Waals surface area contributed by atoms with Gasteiger partial charge in [0.15, 0.2) is 0 Å². The van der Waals surface area contributed by atoms with Crippen molar-refractivity contribution < 1.29 is 4.74 Å². The van der Waals surface area contributed by atoms with Gasteiger partial charge in [0.2, 0.25) is 0 Å². The highest BCUT2D eigenvalue weighted by Crippen LogP contribution is 2.30. The molecule has 0 saturated carbocycles. The molecule has 2 aromatic rings. The van der Waals surface area contributed by atoms with Gasteiger partial charge in [-0.1, -0.05) is 43.3 Å². The molecular weight excluding hydrogens is 234 g/mol. The summed E-state index contributed by atoms with van der Waals surface area (Å²) in [4.78, 5) is 0. The first-order valence-electron chi connectivity index (χ1n) is 6.81. The Balaban J connectivity index is 2.32. The summed E-state index contributed by atoms with van der Waals surface area (Å²) in [5.41, 5.74) is 3.65. The van der Waals surface area contributed by atoms with E-state index in [1.807, 2.05) is 19.2 Å². The smallest absolute Gasteiger partial charge is 0.127 e. The van der Waals surface area contributed by atoms with E-state index in [0.717, 1.165) is 30.9 Å². The van der Waals surface area contributed by atoms with E-state index in [2.05, 4.69) is 48.6 Å². The highest BCUT2D eigenvalue weighted by molar-refractivity contribution is 5.70. The number of nitrogens with one attached hydrogen (secondary N) is 1. The van der Waals surface area contributed by atoms with Gasteiger partial charge < -0.3 is 10.1 Å². The van der Waals surface area contributed by atoms with E-state index in [1.54, 1.807) is 0 Å². The minimum Gasteiger partial charge on any atom is -0.493 e. The van der Waals surface area contributed by atoms with Gasteiger partial charge in [-0.15, -0.1) is 0 Å². The molecule has 2 aromatic carbocycles. The summed E-state index contributed by atoms with van der Waals surface area (Å²) in [6.07, 6.45) is 1.02. The third kappa shape index (κ3) is 3.58. The standard InChI is InChI=1S/C17H21NO/c1-3-11-19-17-10-5-4-9-16(17)15-8-6-7-14(12-15)13-18-2/h4-10,12,18H,3,11,13H2,1-2H3. The van der Waals surface area contributed by atoms with Gasteiger partial charge in [0.05, 0.1) is 6.61 Å². The van der Waals surface area contributed by atoms with Crippen molar-refractivity contribution in [3.8, 4) is 16.9 Å². The molecule has 0 spiro atoms. The van der Waals surface area contributed by atoms with Crippen LogP contribution in [0.25, 0.3) is 11.1 Å². The lowest BCUT2D eigenvalue weighted by molar-refractivity contribution is 0.318. The second-order valence-corrected chi connectivity index (χ2v) is 4.58. The van der Waals surface area contributed by atoms with Crippen LogP contribution < -0.4 is 10.1 Å². The quantitative estimate of drug-likeness (QED) is 0.846. The van der Waals surface area contributed by atoms with E-state index < -0.39 is 0 Å². The molecule has 0 fully saturated rings. The van der Waals surface area contributed by atoms with Crippen molar-refractivity contribution in [3.63, 3.8) is 0 Å². The number of hydrogen-bond donors (Lipinski definition) is 1. The van der Waals surface area contributed by atoms with Crippen molar-refractivity contribution in [2.75, 3.05) is 13.7 Å². The molecule has 0 unspecified atom stereocenters. The van der Waals surface area contributed by atoms with Crippen molar-refractivity contribution in [3.05, 3.63) is 54.1 Å². The summed E-state index contributed by atoms with van der Waals surface area (Å²) in [6, 6.07) is 16.8. The molecule has 0 aliphatic heterocycles. The number of hydrogen-bond acceptors (Lipinski definition) is 2. The van der Waals surface area contributed by atoms with Gasteiger partial charge in [0.1, 0.15) is 5.75 Å². The molecule has 2 nitrogen and oxygen atoms in total. The van der Waals surface area contributed by atoms with Crippen LogP contribution in [0.3, 0.4) is 0 Å². The summed E-state index contributed by atoms with van der Waals surface area (Å²) in [5, 5.41) is 3.18. The highest BCUT2D eigenvalue weighted by Gasteiger charge is 2.05. The molecule has 19 heavy (non-hydrogen) atoms. The Morgan fingerprint density at radius 2 is 1.89 bits per heavy atom. The fourth-order valence-electron chi connectivity index (χ4n) is 2.10. The van der Waals surface area contributed by atoms with Gasteiger partial charge in [0, 0.05) is 12.1 Å². The molecule has 0 amide bonds. The van der Waals surface area contributed by atoms with Crippen molar-refractivity contribution in [2.45, 2.75) is 19.9 Å². The number of para-hydroxylation sites is 1. The Morgan fingerprint density at radius 3 is 2.68 bits per heavy atom. The summed E-state index contributed by atoms with van der Waals surface area (Å²) in [6.45, 7) is 3.76. The summed E-state index contributed by atoms with van der Waals surface area (Å²) < 4.78 is 5.82. The minimum atomic E-state index is 0.757. The maximum absolute atomic E-state index is 5.82. The lowest BCUT2D eigenvalue weighted by Gasteiger charge is -2.12. The topological polar surface area (TPSA) is 21.3 Å². The van der Waals surface area contributed by atoms with E-state index in [-0.39, 0.29) is 0 Å². The van der Waals surface area contributed by atoms with Gasteiger partial charge in [-0.25, -0.2) is 0 Å². The minimum absolute atomic E-state index is 0.757.